The summed E-state index contributed by atoms with van der Waals surface area (Å²) in [5, 5.41) is 11.1. The van der Waals surface area contributed by atoms with Gasteiger partial charge in [-0.3, -0.25) is 14.5 Å². The van der Waals surface area contributed by atoms with E-state index in [0.717, 1.165) is 11.1 Å². The van der Waals surface area contributed by atoms with Crippen molar-refractivity contribution in [2.45, 2.75) is 32.7 Å². The second kappa shape index (κ2) is 9.33. The Hall–Kier alpha value is -3.86. The van der Waals surface area contributed by atoms with E-state index in [9.17, 15) is 14.7 Å². The molecule has 1 fully saturated rings. The van der Waals surface area contributed by atoms with Crippen LogP contribution in [-0.2, 0) is 9.59 Å². The second-order valence-electron chi connectivity index (χ2n) is 8.28. The number of hydrogen-bond donors (Lipinski definition) is 1. The van der Waals surface area contributed by atoms with Crippen LogP contribution in [0.15, 0.2) is 84.4 Å². The Morgan fingerprint density at radius 1 is 0.939 bits per heavy atom. The predicted octanol–water partition coefficient (Wildman–Crippen LogP) is 5.84. The highest BCUT2D eigenvalue weighted by Gasteiger charge is 2.46. The largest absolute Gasteiger partial charge is 0.507 e. The molecular weight excluding hydrogens is 414 g/mol. The first-order valence-corrected chi connectivity index (χ1v) is 11.1. The van der Waals surface area contributed by atoms with E-state index in [-0.39, 0.29) is 11.3 Å². The third-order valence-corrected chi connectivity index (χ3v) is 5.84. The molecule has 0 bridgehead atoms. The maximum absolute atomic E-state index is 13.2. The lowest BCUT2D eigenvalue weighted by molar-refractivity contribution is -0.132. The fraction of sp³-hybridized carbons (Fsp3) is 0.214. The number of ketones is 1. The van der Waals surface area contributed by atoms with Crippen molar-refractivity contribution in [2.24, 2.45) is 0 Å². The van der Waals surface area contributed by atoms with Gasteiger partial charge in [0.2, 0.25) is 0 Å². The summed E-state index contributed by atoms with van der Waals surface area (Å²) in [5.41, 5.74) is 3.04. The maximum atomic E-state index is 13.2. The van der Waals surface area contributed by atoms with Gasteiger partial charge in [0.25, 0.3) is 11.7 Å². The highest BCUT2D eigenvalue weighted by Crippen LogP contribution is 2.42. The number of benzene rings is 3. The molecule has 0 saturated carbocycles. The monoisotopic (exact) mass is 441 g/mol. The van der Waals surface area contributed by atoms with Crippen molar-refractivity contribution in [3.8, 4) is 5.75 Å². The summed E-state index contributed by atoms with van der Waals surface area (Å²) < 4.78 is 5.52. The van der Waals surface area contributed by atoms with Crippen molar-refractivity contribution in [3.63, 3.8) is 0 Å². The van der Waals surface area contributed by atoms with Gasteiger partial charge in [-0.05, 0) is 48.2 Å². The molecule has 1 aliphatic rings. The molecule has 0 spiro atoms. The van der Waals surface area contributed by atoms with Gasteiger partial charge in [0.05, 0.1) is 18.2 Å². The average Bonchev–Trinajstić information content (AvgIpc) is 3.10. The third kappa shape index (κ3) is 4.27. The van der Waals surface area contributed by atoms with Crippen LogP contribution in [0.25, 0.3) is 5.76 Å². The summed E-state index contributed by atoms with van der Waals surface area (Å²) in [7, 11) is 0. The molecular formula is C28H27NO4. The van der Waals surface area contributed by atoms with Crippen LogP contribution in [-0.4, -0.2) is 23.4 Å². The summed E-state index contributed by atoms with van der Waals surface area (Å²) in [6, 6.07) is 23.0. The zero-order valence-electron chi connectivity index (χ0n) is 19.0. The Balaban J connectivity index is 1.87. The van der Waals surface area contributed by atoms with Crippen LogP contribution in [0, 0.1) is 0 Å². The van der Waals surface area contributed by atoms with Gasteiger partial charge in [-0.1, -0.05) is 68.4 Å². The van der Waals surface area contributed by atoms with Gasteiger partial charge < -0.3 is 9.84 Å². The van der Waals surface area contributed by atoms with Crippen LogP contribution in [0.1, 0.15) is 49.4 Å². The minimum absolute atomic E-state index is 0.0809. The molecule has 0 aliphatic carbocycles. The average molecular weight is 442 g/mol. The zero-order chi connectivity index (χ0) is 23.5. The molecule has 1 atom stereocenters. The van der Waals surface area contributed by atoms with Crippen LogP contribution >= 0.6 is 0 Å². The summed E-state index contributed by atoms with van der Waals surface area (Å²) in [5.74, 6) is -0.529. The van der Waals surface area contributed by atoms with Gasteiger partial charge in [-0.2, -0.15) is 0 Å². The van der Waals surface area contributed by atoms with Crippen molar-refractivity contribution in [1.29, 1.82) is 0 Å². The summed E-state index contributed by atoms with van der Waals surface area (Å²) in [6.45, 7) is 6.65. The Bertz CT molecular complexity index is 1180. The number of anilines is 1. The lowest BCUT2D eigenvalue weighted by Gasteiger charge is -2.26. The highest BCUT2D eigenvalue weighted by molar-refractivity contribution is 6.51. The van der Waals surface area contributed by atoms with Gasteiger partial charge in [0.15, 0.2) is 0 Å². The van der Waals surface area contributed by atoms with E-state index in [1.54, 1.807) is 48.5 Å². The smallest absolute Gasteiger partial charge is 0.300 e. The van der Waals surface area contributed by atoms with Crippen molar-refractivity contribution >= 4 is 23.1 Å². The van der Waals surface area contributed by atoms with Gasteiger partial charge in [-0.15, -0.1) is 0 Å². The first-order chi connectivity index (χ1) is 15.9. The van der Waals surface area contributed by atoms with Gasteiger partial charge in [-0.25, -0.2) is 0 Å². The summed E-state index contributed by atoms with van der Waals surface area (Å²) >= 11 is 0. The normalized spacial score (nSPS) is 17.6. The molecule has 1 saturated heterocycles. The molecule has 168 valence electrons. The Kier molecular flexibility index (Phi) is 6.31. The van der Waals surface area contributed by atoms with E-state index in [2.05, 4.69) is 13.8 Å². The molecule has 1 unspecified atom stereocenters. The number of amides is 1. The minimum atomic E-state index is -0.746. The number of carbonyl (C=O) groups is 2. The standard InChI is InChI=1S/C28H27NO4/c1-4-33-23-16-14-22(15-17-23)29-25(20-12-10-19(11-13-20)18(2)3)24(27(31)28(29)32)26(30)21-8-6-5-7-9-21/h5-18,25,30H,4H2,1-3H3/b26-24-. The van der Waals surface area contributed by atoms with Crippen LogP contribution in [0.4, 0.5) is 5.69 Å². The van der Waals surface area contributed by atoms with Gasteiger partial charge >= 0.3 is 0 Å². The lowest BCUT2D eigenvalue weighted by atomic mass is 9.93. The van der Waals surface area contributed by atoms with E-state index in [1.807, 2.05) is 37.3 Å². The van der Waals surface area contributed by atoms with Crippen LogP contribution < -0.4 is 9.64 Å². The number of aliphatic hydroxyl groups excluding tert-OH is 1. The Morgan fingerprint density at radius 2 is 1.58 bits per heavy atom. The first-order valence-electron chi connectivity index (χ1n) is 11.1. The fourth-order valence-electron chi connectivity index (χ4n) is 4.10. The summed E-state index contributed by atoms with van der Waals surface area (Å²) in [4.78, 5) is 27.9. The highest BCUT2D eigenvalue weighted by atomic mass is 16.5. The van der Waals surface area contributed by atoms with Crippen molar-refractivity contribution in [1.82, 2.24) is 0 Å². The van der Waals surface area contributed by atoms with E-state index < -0.39 is 17.7 Å². The van der Waals surface area contributed by atoms with Crippen molar-refractivity contribution in [2.75, 3.05) is 11.5 Å². The first kappa shape index (κ1) is 22.3. The third-order valence-electron chi connectivity index (χ3n) is 5.84. The van der Waals surface area contributed by atoms with Crippen LogP contribution in [0.5, 0.6) is 5.75 Å². The molecule has 0 aromatic heterocycles. The molecule has 1 aliphatic heterocycles. The maximum Gasteiger partial charge on any atom is 0.300 e. The molecule has 3 aromatic rings. The Morgan fingerprint density at radius 3 is 2.15 bits per heavy atom. The molecule has 1 N–H and O–H groups in total. The predicted molar refractivity (Wildman–Crippen MR) is 129 cm³/mol. The quantitative estimate of drug-likeness (QED) is 0.297. The molecule has 0 radical (unpaired) electrons. The number of Topliss-reactive ketones (excluding diaryl/α,β-unsaturated/α-hetero) is 1. The topological polar surface area (TPSA) is 66.8 Å². The second-order valence-corrected chi connectivity index (χ2v) is 8.28. The number of hydrogen-bond acceptors (Lipinski definition) is 4. The number of nitrogens with zero attached hydrogens (tertiary/aromatic N) is 1. The lowest BCUT2D eigenvalue weighted by Crippen LogP contribution is -2.29. The van der Waals surface area contributed by atoms with Crippen molar-refractivity contribution in [3.05, 3.63) is 101 Å². The van der Waals surface area contributed by atoms with E-state index in [0.29, 0.717) is 29.5 Å². The molecule has 1 amide bonds. The SMILES string of the molecule is CCOc1ccc(N2C(=O)C(=O)/C(=C(\O)c3ccccc3)C2c2ccc(C(C)C)cc2)cc1. The number of ether oxygens (including phenoxy) is 1. The number of aliphatic hydroxyl groups is 1. The molecule has 1 heterocycles. The van der Waals surface area contributed by atoms with E-state index >= 15 is 0 Å². The zero-order valence-corrected chi connectivity index (χ0v) is 19.0. The molecule has 5 nitrogen and oxygen atoms in total. The van der Waals surface area contributed by atoms with E-state index in [4.69, 9.17) is 4.74 Å². The summed E-state index contributed by atoms with van der Waals surface area (Å²) in [6.07, 6.45) is 0. The van der Waals surface area contributed by atoms with Crippen LogP contribution in [0.2, 0.25) is 0 Å². The number of carbonyl (C=O) groups excluding carboxylic acids is 2. The number of rotatable bonds is 6. The van der Waals surface area contributed by atoms with Crippen LogP contribution in [0.3, 0.4) is 0 Å². The molecule has 3 aromatic carbocycles. The van der Waals surface area contributed by atoms with Gasteiger partial charge in [0.1, 0.15) is 11.5 Å². The minimum Gasteiger partial charge on any atom is -0.507 e. The fourth-order valence-corrected chi connectivity index (χ4v) is 4.10. The van der Waals surface area contributed by atoms with Gasteiger partial charge in [0, 0.05) is 11.3 Å². The molecule has 33 heavy (non-hydrogen) atoms. The molecule has 5 heteroatoms. The van der Waals surface area contributed by atoms with Crippen molar-refractivity contribution < 1.29 is 19.4 Å². The van der Waals surface area contributed by atoms with E-state index in [1.165, 1.54) is 4.90 Å². The Labute approximate surface area is 193 Å². The molecule has 4 rings (SSSR count).